The van der Waals surface area contributed by atoms with Crippen molar-refractivity contribution >= 4 is 32.3 Å². The molecule has 0 atom stereocenters. The first kappa shape index (κ1) is 27.6. The maximum absolute atomic E-state index is 2.51. The van der Waals surface area contributed by atoms with Crippen LogP contribution in [0, 0.1) is 0 Å². The van der Waals surface area contributed by atoms with E-state index in [0.717, 1.165) is 0 Å². The Morgan fingerprint density at radius 1 is 0.314 bits per heavy atom. The highest BCUT2D eigenvalue weighted by Crippen LogP contribution is 2.60. The average molecular weight is 645 g/mol. The number of rotatable bonds is 2. The Balaban J connectivity index is 1.23. The van der Waals surface area contributed by atoms with Crippen LogP contribution in [-0.2, 0) is 5.41 Å². The van der Waals surface area contributed by atoms with E-state index in [9.17, 15) is 0 Å². The average Bonchev–Trinajstić information content (AvgIpc) is 3.77. The molecule has 12 rings (SSSR count). The van der Waals surface area contributed by atoms with Gasteiger partial charge in [-0.2, -0.15) is 0 Å². The first-order valence-electron chi connectivity index (χ1n) is 18.1. The highest BCUT2D eigenvalue weighted by atomic mass is 14.4. The van der Waals surface area contributed by atoms with Crippen molar-refractivity contribution < 1.29 is 0 Å². The minimum absolute atomic E-state index is 0.0773. The van der Waals surface area contributed by atoms with E-state index in [-0.39, 0.29) is 5.41 Å². The Kier molecular flexibility index (Phi) is 5.14. The lowest BCUT2D eigenvalue weighted by atomic mass is 9.79. The Labute approximate surface area is 297 Å². The zero-order chi connectivity index (χ0) is 33.6. The third-order valence-corrected chi connectivity index (χ3v) is 12.3. The highest BCUT2D eigenvalue weighted by molar-refractivity contribution is 6.30. The van der Waals surface area contributed by atoms with Crippen LogP contribution in [0.1, 0.15) is 25.0 Å². The Hall–Kier alpha value is -6.24. The van der Waals surface area contributed by atoms with Crippen LogP contribution in [-0.4, -0.2) is 0 Å². The molecule has 0 saturated heterocycles. The van der Waals surface area contributed by atoms with Crippen LogP contribution in [0.15, 0.2) is 158 Å². The molecule has 3 aliphatic carbocycles. The Morgan fingerprint density at radius 2 is 0.824 bits per heavy atom. The smallest absolute Gasteiger partial charge is 0.0159 e. The minimum atomic E-state index is -0.0773. The first-order valence-corrected chi connectivity index (χ1v) is 18.1. The van der Waals surface area contributed by atoms with Gasteiger partial charge in [0.25, 0.3) is 0 Å². The van der Waals surface area contributed by atoms with Crippen molar-refractivity contribution in [2.45, 2.75) is 19.3 Å². The van der Waals surface area contributed by atoms with Gasteiger partial charge < -0.3 is 0 Å². The second kappa shape index (κ2) is 9.50. The normalized spacial score (nSPS) is 13.8. The van der Waals surface area contributed by atoms with Gasteiger partial charge in [-0.1, -0.05) is 166 Å². The molecule has 0 heterocycles. The van der Waals surface area contributed by atoms with E-state index in [1.165, 1.54) is 121 Å². The summed E-state index contributed by atoms with van der Waals surface area (Å²) in [6, 6.07) is 59.8. The zero-order valence-corrected chi connectivity index (χ0v) is 28.5. The number of hydrogen-bond acceptors (Lipinski definition) is 0. The molecule has 236 valence electrons. The van der Waals surface area contributed by atoms with Crippen LogP contribution >= 0.6 is 0 Å². The van der Waals surface area contributed by atoms with Crippen molar-refractivity contribution in [2.75, 3.05) is 0 Å². The lowest BCUT2D eigenvalue weighted by Crippen LogP contribution is -2.14. The van der Waals surface area contributed by atoms with E-state index in [0.29, 0.717) is 0 Å². The molecule has 0 aromatic heterocycles. The molecule has 0 radical (unpaired) electrons. The molecule has 0 saturated carbocycles. The van der Waals surface area contributed by atoms with Gasteiger partial charge in [-0.05, 0) is 127 Å². The number of benzene rings is 9. The fourth-order valence-corrected chi connectivity index (χ4v) is 10.2. The van der Waals surface area contributed by atoms with E-state index in [2.05, 4.69) is 172 Å². The van der Waals surface area contributed by atoms with Crippen molar-refractivity contribution in [3.05, 3.63) is 169 Å². The predicted molar refractivity (Wildman–Crippen MR) is 216 cm³/mol. The van der Waals surface area contributed by atoms with E-state index in [4.69, 9.17) is 0 Å². The Morgan fingerprint density at radius 3 is 1.59 bits per heavy atom. The largest absolute Gasteiger partial charge is 0.0619 e. The molecule has 9 aromatic rings. The highest BCUT2D eigenvalue weighted by Gasteiger charge is 2.37. The van der Waals surface area contributed by atoms with E-state index >= 15 is 0 Å². The summed E-state index contributed by atoms with van der Waals surface area (Å²) >= 11 is 0. The van der Waals surface area contributed by atoms with Crippen LogP contribution in [0.4, 0.5) is 0 Å². The summed E-state index contributed by atoms with van der Waals surface area (Å²) in [4.78, 5) is 0. The fourth-order valence-electron chi connectivity index (χ4n) is 10.2. The van der Waals surface area contributed by atoms with E-state index < -0.39 is 0 Å². The first-order chi connectivity index (χ1) is 25.1. The molecule has 3 aliphatic rings. The van der Waals surface area contributed by atoms with Gasteiger partial charge in [0.15, 0.2) is 0 Å². The van der Waals surface area contributed by atoms with Crippen LogP contribution in [0.2, 0.25) is 0 Å². The third-order valence-electron chi connectivity index (χ3n) is 12.3. The van der Waals surface area contributed by atoms with Crippen molar-refractivity contribution in [1.29, 1.82) is 0 Å². The fraction of sp³-hybridized carbons (Fsp3) is 0.0588. The molecule has 0 nitrogen and oxygen atoms in total. The lowest BCUT2D eigenvalue weighted by molar-refractivity contribution is 0.660. The van der Waals surface area contributed by atoms with Crippen LogP contribution < -0.4 is 0 Å². The van der Waals surface area contributed by atoms with Crippen molar-refractivity contribution in [2.24, 2.45) is 0 Å². The Bertz CT molecular complexity index is 3010. The molecule has 51 heavy (non-hydrogen) atoms. The molecule has 0 unspecified atom stereocenters. The predicted octanol–water partition coefficient (Wildman–Crippen LogP) is 14.1. The van der Waals surface area contributed by atoms with Gasteiger partial charge in [0.1, 0.15) is 0 Å². The molecule has 0 fully saturated rings. The van der Waals surface area contributed by atoms with Crippen molar-refractivity contribution in [3.8, 4) is 77.9 Å². The third kappa shape index (κ3) is 3.36. The van der Waals surface area contributed by atoms with Gasteiger partial charge in [0.2, 0.25) is 0 Å². The topological polar surface area (TPSA) is 0 Å². The molecule has 0 bridgehead atoms. The van der Waals surface area contributed by atoms with Crippen molar-refractivity contribution in [3.63, 3.8) is 0 Å². The molecule has 0 heteroatoms. The van der Waals surface area contributed by atoms with Gasteiger partial charge in [-0.25, -0.2) is 0 Å². The second-order valence-electron chi connectivity index (χ2n) is 15.1. The molecule has 0 spiro atoms. The summed E-state index contributed by atoms with van der Waals surface area (Å²) in [6.07, 6.45) is 0. The van der Waals surface area contributed by atoms with E-state index in [1.807, 2.05) is 0 Å². The molecular weight excluding hydrogens is 613 g/mol. The quantitative estimate of drug-likeness (QED) is 0.176. The van der Waals surface area contributed by atoms with Gasteiger partial charge in [0, 0.05) is 5.41 Å². The van der Waals surface area contributed by atoms with Crippen molar-refractivity contribution in [1.82, 2.24) is 0 Å². The number of fused-ring (bicyclic) bond motifs is 10. The zero-order valence-electron chi connectivity index (χ0n) is 28.5. The summed E-state index contributed by atoms with van der Waals surface area (Å²) in [5, 5.41) is 7.95. The summed E-state index contributed by atoms with van der Waals surface area (Å²) in [5.41, 5.74) is 21.4. The molecule has 9 aromatic carbocycles. The van der Waals surface area contributed by atoms with Crippen LogP contribution in [0.5, 0.6) is 0 Å². The summed E-state index contributed by atoms with van der Waals surface area (Å²) in [7, 11) is 0. The molecule has 0 N–H and O–H groups in total. The molecule has 0 aliphatic heterocycles. The summed E-state index contributed by atoms with van der Waals surface area (Å²) < 4.78 is 0. The monoisotopic (exact) mass is 644 g/mol. The summed E-state index contributed by atoms with van der Waals surface area (Å²) in [6.45, 7) is 4.77. The lowest BCUT2D eigenvalue weighted by Gasteiger charge is -2.24. The maximum atomic E-state index is 2.51. The summed E-state index contributed by atoms with van der Waals surface area (Å²) in [5.74, 6) is 0. The minimum Gasteiger partial charge on any atom is -0.0619 e. The number of hydrogen-bond donors (Lipinski definition) is 0. The van der Waals surface area contributed by atoms with Gasteiger partial charge in [-0.3, -0.25) is 0 Å². The van der Waals surface area contributed by atoms with Crippen LogP contribution in [0.25, 0.3) is 110 Å². The second-order valence-corrected chi connectivity index (χ2v) is 15.1. The maximum Gasteiger partial charge on any atom is 0.0159 e. The SMILES string of the molecule is CC1(C)c2ccccc2-c2ccc(-c3c4c(c(-c5ccc6c7c(cccc57)-c5ccccc5-6)c5ccccc35)-c3cccc5cccc-4c35)cc21. The standard InChI is InChI=1S/C51H32/c1-51(2)43-23-8-7-16-33(43)34-25-24-30(28-44(34)51)46-36-17-5-6-18-38(36)48(50-42-22-10-13-29-12-9-21-41(45(29)42)49(46)50)40-27-26-39-32-15-4-3-14-31(32)35-19-11-20-37(40)47(35)39/h3-28H,1-2H3. The van der Waals surface area contributed by atoms with Crippen LogP contribution in [0.3, 0.4) is 0 Å². The van der Waals surface area contributed by atoms with E-state index in [1.54, 1.807) is 0 Å². The molecular formula is C51H32. The molecule has 0 amide bonds. The van der Waals surface area contributed by atoms with Gasteiger partial charge >= 0.3 is 0 Å². The van der Waals surface area contributed by atoms with Gasteiger partial charge in [0.05, 0.1) is 0 Å². The van der Waals surface area contributed by atoms with Gasteiger partial charge in [-0.15, -0.1) is 0 Å².